The maximum atomic E-state index is 2.65. The Morgan fingerprint density at radius 2 is 0.576 bits per heavy atom. The SMILES string of the molecule is Cc1c(-n2c3ccccc3c3ccccc32)ccc2c1N(c1cc(-c3ccccc3)ccc1-c1ccccc1)c1cccc3c1B2c1ccc(-n2c4ccccc4c4ccccc42)c(C)c1N3c1cc(-c2ccccc2)ccc1-c1ccccc1. The molecule has 2 aliphatic heterocycles. The van der Waals surface area contributed by atoms with Gasteiger partial charge in [-0.2, -0.15) is 0 Å². The summed E-state index contributed by atoms with van der Waals surface area (Å²) in [6.45, 7) is 4.59. The highest BCUT2D eigenvalue weighted by Gasteiger charge is 2.46. The first-order chi connectivity index (χ1) is 42.1. The Kier molecular flexibility index (Phi) is 11.1. The summed E-state index contributed by atoms with van der Waals surface area (Å²) in [6.07, 6.45) is 0. The highest BCUT2D eigenvalue weighted by Crippen LogP contribution is 2.52. The predicted octanol–water partition coefficient (Wildman–Crippen LogP) is 19.2. The second-order valence-electron chi connectivity index (χ2n) is 22.8. The zero-order valence-electron chi connectivity index (χ0n) is 47.2. The van der Waals surface area contributed by atoms with Crippen molar-refractivity contribution in [1.29, 1.82) is 0 Å². The second kappa shape index (κ2) is 19.4. The van der Waals surface area contributed by atoms with Crippen molar-refractivity contribution in [3.8, 4) is 55.9 Å². The molecular weight excluding hydrogens is 1030 g/mol. The van der Waals surface area contributed by atoms with Crippen molar-refractivity contribution >= 4 is 101 Å². The van der Waals surface area contributed by atoms with Crippen molar-refractivity contribution in [2.75, 3.05) is 9.80 Å². The van der Waals surface area contributed by atoms with Crippen molar-refractivity contribution < 1.29 is 0 Å². The molecule has 15 aromatic rings. The van der Waals surface area contributed by atoms with Gasteiger partial charge in [0.2, 0.25) is 0 Å². The highest BCUT2D eigenvalue weighted by atomic mass is 15.2. The summed E-state index contributed by atoms with van der Waals surface area (Å²) in [5, 5.41) is 4.97. The van der Waals surface area contributed by atoms with Crippen LogP contribution >= 0.6 is 0 Å². The smallest absolute Gasteiger partial charge is 0.252 e. The number of anilines is 6. The molecule has 85 heavy (non-hydrogen) atoms. The van der Waals surface area contributed by atoms with Crippen LogP contribution in [-0.4, -0.2) is 15.8 Å². The van der Waals surface area contributed by atoms with Crippen LogP contribution in [0.25, 0.3) is 99.5 Å². The predicted molar refractivity (Wildman–Crippen MR) is 360 cm³/mol. The minimum atomic E-state index is -0.157. The lowest BCUT2D eigenvalue weighted by atomic mass is 9.33. The number of para-hydroxylation sites is 4. The number of aromatic nitrogens is 2. The van der Waals surface area contributed by atoms with Crippen molar-refractivity contribution in [3.63, 3.8) is 0 Å². The first-order valence-electron chi connectivity index (χ1n) is 29.5. The van der Waals surface area contributed by atoms with Gasteiger partial charge in [0.1, 0.15) is 0 Å². The zero-order chi connectivity index (χ0) is 56.3. The van der Waals surface area contributed by atoms with Gasteiger partial charge in [0.15, 0.2) is 0 Å². The maximum absolute atomic E-state index is 2.65. The quantitative estimate of drug-likeness (QED) is 0.141. The standard InChI is InChI=1S/C80H55BN4/c1-52-68(82-70-36-19-15-32-62(70)63-33-16-20-37-71(63)82)48-46-66-79(52)84(76-50-58(54-24-7-3-8-25-54)42-44-60(76)56-28-11-5-12-29-56)74-40-23-41-75-78(74)81(66)67-47-49-69(83-72-38-21-17-34-64(72)65-35-18-22-39-73(65)83)53(2)80(67)85(75)77-51-59(55-26-9-4-10-27-55)43-45-61(77)57-30-13-6-14-31-57/h3-51H,1-2H3. The van der Waals surface area contributed by atoms with E-state index < -0.39 is 0 Å². The number of fused-ring (bicyclic) bond motifs is 10. The van der Waals surface area contributed by atoms with Gasteiger partial charge in [-0.3, -0.25) is 0 Å². The van der Waals surface area contributed by atoms with Crippen molar-refractivity contribution in [2.24, 2.45) is 0 Å². The van der Waals surface area contributed by atoms with Crippen LogP contribution in [-0.2, 0) is 0 Å². The average Bonchev–Trinajstić information content (AvgIpc) is 1.03. The molecule has 13 aromatic carbocycles. The van der Waals surface area contributed by atoms with Gasteiger partial charge in [0.25, 0.3) is 6.71 Å². The van der Waals surface area contributed by atoms with E-state index in [9.17, 15) is 0 Å². The van der Waals surface area contributed by atoms with Gasteiger partial charge in [-0.25, -0.2) is 0 Å². The molecule has 0 N–H and O–H groups in total. The molecule has 0 spiro atoms. The fourth-order valence-electron chi connectivity index (χ4n) is 14.6. The second-order valence-corrected chi connectivity index (χ2v) is 22.8. The van der Waals surface area contributed by atoms with Crippen LogP contribution in [0.3, 0.4) is 0 Å². The van der Waals surface area contributed by atoms with Crippen molar-refractivity contribution in [2.45, 2.75) is 13.8 Å². The highest BCUT2D eigenvalue weighted by molar-refractivity contribution is 7.00. The molecule has 2 aromatic heterocycles. The minimum Gasteiger partial charge on any atom is -0.310 e. The van der Waals surface area contributed by atoms with Gasteiger partial charge in [0, 0.05) is 55.4 Å². The summed E-state index contributed by atoms with van der Waals surface area (Å²) in [5.41, 5.74) is 29.5. The van der Waals surface area contributed by atoms with Crippen LogP contribution in [0.15, 0.2) is 297 Å². The maximum Gasteiger partial charge on any atom is 0.252 e. The Morgan fingerprint density at radius 1 is 0.247 bits per heavy atom. The normalized spacial score (nSPS) is 12.5. The number of nitrogens with zero attached hydrogens (tertiary/aromatic N) is 4. The van der Waals surface area contributed by atoms with Crippen LogP contribution in [0.5, 0.6) is 0 Å². The lowest BCUT2D eigenvalue weighted by molar-refractivity contribution is 1.13. The van der Waals surface area contributed by atoms with Gasteiger partial charge in [-0.1, -0.05) is 237 Å². The molecule has 0 atom stereocenters. The third-order valence-corrected chi connectivity index (χ3v) is 18.3. The number of hydrogen-bond acceptors (Lipinski definition) is 2. The molecule has 0 amide bonds. The monoisotopic (exact) mass is 1080 g/mol. The Labute approximate surface area is 495 Å². The van der Waals surface area contributed by atoms with E-state index in [4.69, 9.17) is 0 Å². The molecule has 0 aliphatic carbocycles. The summed E-state index contributed by atoms with van der Waals surface area (Å²) in [5.74, 6) is 0. The lowest BCUT2D eigenvalue weighted by Gasteiger charge is -2.46. The third-order valence-electron chi connectivity index (χ3n) is 18.3. The fraction of sp³-hybridized carbons (Fsp3) is 0.0250. The van der Waals surface area contributed by atoms with Gasteiger partial charge in [0.05, 0.1) is 44.8 Å². The molecule has 0 bridgehead atoms. The molecule has 17 rings (SSSR count). The molecule has 0 unspecified atom stereocenters. The van der Waals surface area contributed by atoms with Crippen LogP contribution in [0.2, 0.25) is 0 Å². The average molecular weight is 1080 g/mol. The van der Waals surface area contributed by atoms with Crippen LogP contribution < -0.4 is 26.2 Å². The van der Waals surface area contributed by atoms with Gasteiger partial charge >= 0.3 is 0 Å². The van der Waals surface area contributed by atoms with E-state index in [-0.39, 0.29) is 6.71 Å². The Bertz CT molecular complexity index is 4730. The van der Waals surface area contributed by atoms with E-state index in [1.54, 1.807) is 0 Å². The topological polar surface area (TPSA) is 16.3 Å². The van der Waals surface area contributed by atoms with Crippen molar-refractivity contribution in [3.05, 3.63) is 308 Å². The summed E-state index contributed by atoms with van der Waals surface area (Å²) >= 11 is 0. The lowest BCUT2D eigenvalue weighted by Crippen LogP contribution is -2.61. The molecule has 398 valence electrons. The molecule has 5 heteroatoms. The fourth-order valence-corrected chi connectivity index (χ4v) is 14.6. The molecular formula is C80H55BN4. The van der Waals surface area contributed by atoms with E-state index in [0.29, 0.717) is 0 Å². The molecule has 0 saturated carbocycles. The number of hydrogen-bond donors (Lipinski definition) is 0. The first kappa shape index (κ1) is 48.8. The summed E-state index contributed by atoms with van der Waals surface area (Å²) in [7, 11) is 0. The largest absolute Gasteiger partial charge is 0.310 e. The molecule has 2 aliphatic rings. The van der Waals surface area contributed by atoms with E-state index in [0.717, 1.165) is 67.5 Å². The van der Waals surface area contributed by atoms with Gasteiger partial charge < -0.3 is 18.9 Å². The van der Waals surface area contributed by atoms with Crippen LogP contribution in [0.1, 0.15) is 11.1 Å². The Hall–Kier alpha value is -10.9. The number of rotatable bonds is 8. The van der Waals surface area contributed by atoms with Crippen LogP contribution in [0.4, 0.5) is 34.1 Å². The molecule has 0 saturated heterocycles. The molecule has 0 radical (unpaired) electrons. The third kappa shape index (κ3) is 7.43. The van der Waals surface area contributed by atoms with Crippen molar-refractivity contribution in [1.82, 2.24) is 9.13 Å². The van der Waals surface area contributed by atoms with E-state index in [2.05, 4.69) is 330 Å². The zero-order valence-corrected chi connectivity index (χ0v) is 47.2. The van der Waals surface area contributed by atoms with E-state index >= 15 is 0 Å². The Balaban J connectivity index is 1.02. The minimum absolute atomic E-state index is 0.157. The van der Waals surface area contributed by atoms with Gasteiger partial charge in [-0.15, -0.1) is 0 Å². The first-order valence-corrected chi connectivity index (χ1v) is 29.5. The Morgan fingerprint density at radius 3 is 0.941 bits per heavy atom. The summed E-state index contributed by atoms with van der Waals surface area (Å²) in [4.78, 5) is 5.29. The number of benzene rings is 13. The molecule has 4 nitrogen and oxygen atoms in total. The molecule has 4 heterocycles. The van der Waals surface area contributed by atoms with E-state index in [1.807, 2.05) is 0 Å². The van der Waals surface area contributed by atoms with Crippen LogP contribution in [0, 0.1) is 13.8 Å². The van der Waals surface area contributed by atoms with E-state index in [1.165, 1.54) is 93.6 Å². The molecule has 0 fully saturated rings. The summed E-state index contributed by atoms with van der Waals surface area (Å²) in [6, 6.07) is 110. The summed E-state index contributed by atoms with van der Waals surface area (Å²) < 4.78 is 5.01. The van der Waals surface area contributed by atoms with Gasteiger partial charge in [-0.05, 0) is 135 Å².